The van der Waals surface area contributed by atoms with Gasteiger partial charge in [0.1, 0.15) is 0 Å². The summed E-state index contributed by atoms with van der Waals surface area (Å²) in [5.74, 6) is -0.433. The van der Waals surface area contributed by atoms with E-state index in [0.717, 1.165) is 20.8 Å². The molecule has 0 aliphatic heterocycles. The second kappa shape index (κ2) is 7.35. The zero-order valence-corrected chi connectivity index (χ0v) is 15.5. The van der Waals surface area contributed by atoms with Crippen LogP contribution in [-0.4, -0.2) is 14.3 Å². The third-order valence-corrected chi connectivity index (χ3v) is 5.47. The lowest BCUT2D eigenvalue weighted by atomic mass is 10.0. The highest BCUT2D eigenvalue weighted by atomic mass is 79.9. The smallest absolute Gasteiger partial charge is 0.257 e. The number of carbonyl (C=O) groups is 1. The first-order valence-electron chi connectivity index (χ1n) is 7.48. The molecule has 3 aromatic carbocycles. The first-order chi connectivity index (χ1) is 12.0. The van der Waals surface area contributed by atoms with Gasteiger partial charge in [0.15, 0.2) is 0 Å². The summed E-state index contributed by atoms with van der Waals surface area (Å²) in [6.45, 7) is 0. The summed E-state index contributed by atoms with van der Waals surface area (Å²) >= 11 is 3.25. The zero-order chi connectivity index (χ0) is 17.9. The molecule has 0 aromatic heterocycles. The monoisotopic (exact) mass is 418 g/mol. The van der Waals surface area contributed by atoms with Crippen LogP contribution >= 0.6 is 15.9 Å². The maximum absolute atomic E-state index is 12.2. The van der Waals surface area contributed by atoms with Crippen LogP contribution in [0.5, 0.6) is 0 Å². The van der Waals surface area contributed by atoms with E-state index in [2.05, 4.69) is 26.2 Å². The van der Waals surface area contributed by atoms with Crippen molar-refractivity contribution in [2.24, 2.45) is 0 Å². The number of halogens is 1. The number of nitrogens with one attached hydrogen (secondary N) is 2. The summed E-state index contributed by atoms with van der Waals surface area (Å²) < 4.78 is 25.1. The number of hydrogen-bond acceptors (Lipinski definition) is 3. The van der Waals surface area contributed by atoms with Gasteiger partial charge in [0, 0.05) is 4.47 Å². The van der Waals surface area contributed by atoms with Gasteiger partial charge in [-0.3, -0.25) is 10.2 Å². The molecule has 3 rings (SSSR count). The van der Waals surface area contributed by atoms with E-state index in [1.807, 2.05) is 42.5 Å². The van der Waals surface area contributed by atoms with Crippen molar-refractivity contribution in [3.05, 3.63) is 76.8 Å². The molecule has 0 unspecified atom stereocenters. The molecule has 7 heteroatoms. The molecule has 0 atom stereocenters. The first kappa shape index (κ1) is 17.6. The van der Waals surface area contributed by atoms with Gasteiger partial charge in [0.2, 0.25) is 5.91 Å². The summed E-state index contributed by atoms with van der Waals surface area (Å²) in [6.07, 6.45) is 0.0736. The van der Waals surface area contributed by atoms with Crippen LogP contribution in [0.4, 0.5) is 0 Å². The molecular weight excluding hydrogens is 404 g/mol. The molecular formula is C18H15BrN2O3S. The van der Waals surface area contributed by atoms with Crippen molar-refractivity contribution in [2.45, 2.75) is 11.3 Å². The molecule has 0 spiro atoms. The summed E-state index contributed by atoms with van der Waals surface area (Å²) in [4.78, 5) is 14.3. The predicted octanol–water partition coefficient (Wildman–Crippen LogP) is 3.15. The molecule has 5 nitrogen and oxygen atoms in total. The molecule has 1 amide bonds. The van der Waals surface area contributed by atoms with Crippen molar-refractivity contribution in [3.8, 4) is 0 Å². The van der Waals surface area contributed by atoms with Gasteiger partial charge < -0.3 is 0 Å². The Morgan fingerprint density at radius 3 is 2.36 bits per heavy atom. The van der Waals surface area contributed by atoms with Gasteiger partial charge >= 0.3 is 0 Å². The van der Waals surface area contributed by atoms with Crippen LogP contribution in [-0.2, 0) is 21.2 Å². The lowest BCUT2D eigenvalue weighted by Crippen LogP contribution is -2.42. The number of hydrogen-bond donors (Lipinski definition) is 2. The quantitative estimate of drug-likeness (QED) is 0.624. The summed E-state index contributed by atoms with van der Waals surface area (Å²) in [7, 11) is -3.81. The summed E-state index contributed by atoms with van der Waals surface area (Å²) in [6, 6.07) is 19.6. The molecule has 128 valence electrons. The standard InChI is InChI=1S/C18H15BrN2O3S/c19-15-8-10-16(11-9-15)25(23,24)21-20-18(22)12-14-6-3-5-13-4-1-2-7-17(13)14/h1-11,21H,12H2,(H,20,22). The third kappa shape index (κ3) is 4.25. The van der Waals surface area contributed by atoms with E-state index < -0.39 is 15.9 Å². The minimum absolute atomic E-state index is 0.0705. The normalized spacial score (nSPS) is 11.4. The molecule has 2 N–H and O–H groups in total. The van der Waals surface area contributed by atoms with Crippen LogP contribution in [0.2, 0.25) is 0 Å². The summed E-state index contributed by atoms with van der Waals surface area (Å²) in [5.41, 5.74) is 3.09. The Bertz CT molecular complexity index is 1010. The molecule has 0 radical (unpaired) electrons. The minimum atomic E-state index is -3.81. The number of carbonyl (C=O) groups excluding carboxylic acids is 1. The van der Waals surface area contributed by atoms with Crippen molar-refractivity contribution in [1.29, 1.82) is 0 Å². The lowest BCUT2D eigenvalue weighted by molar-refractivity contribution is -0.120. The average molecular weight is 419 g/mol. The number of fused-ring (bicyclic) bond motifs is 1. The molecule has 25 heavy (non-hydrogen) atoms. The molecule has 0 aliphatic carbocycles. The highest BCUT2D eigenvalue weighted by Gasteiger charge is 2.15. The Kier molecular flexibility index (Phi) is 5.17. The van der Waals surface area contributed by atoms with Crippen LogP contribution in [0.1, 0.15) is 5.56 Å². The molecule has 3 aromatic rings. The topological polar surface area (TPSA) is 75.3 Å². The third-order valence-electron chi connectivity index (χ3n) is 3.68. The Labute approximate surface area is 154 Å². The number of hydrazine groups is 1. The lowest BCUT2D eigenvalue weighted by Gasteiger charge is -2.10. The first-order valence-corrected chi connectivity index (χ1v) is 9.76. The van der Waals surface area contributed by atoms with E-state index in [4.69, 9.17) is 0 Å². The fourth-order valence-corrected chi connectivity index (χ4v) is 3.59. The second-order valence-corrected chi connectivity index (χ2v) is 8.02. The highest BCUT2D eigenvalue weighted by molar-refractivity contribution is 9.10. The number of benzene rings is 3. The maximum Gasteiger partial charge on any atom is 0.257 e. The second-order valence-electron chi connectivity index (χ2n) is 5.42. The van der Waals surface area contributed by atoms with Gasteiger partial charge in [-0.1, -0.05) is 58.4 Å². The molecule has 0 saturated heterocycles. The van der Waals surface area contributed by atoms with E-state index >= 15 is 0 Å². The number of rotatable bonds is 5. The van der Waals surface area contributed by atoms with Gasteiger partial charge in [-0.25, -0.2) is 8.42 Å². The van der Waals surface area contributed by atoms with E-state index in [0.29, 0.717) is 0 Å². The van der Waals surface area contributed by atoms with Gasteiger partial charge in [-0.2, -0.15) is 0 Å². The van der Waals surface area contributed by atoms with Crippen molar-refractivity contribution in [3.63, 3.8) is 0 Å². The molecule has 0 aliphatic rings. The summed E-state index contributed by atoms with van der Waals surface area (Å²) in [5, 5.41) is 2.00. The van der Waals surface area contributed by atoms with Gasteiger partial charge in [-0.15, -0.1) is 4.83 Å². The molecule has 0 saturated carbocycles. The predicted molar refractivity (Wildman–Crippen MR) is 100 cm³/mol. The van der Waals surface area contributed by atoms with Gasteiger partial charge in [0.05, 0.1) is 11.3 Å². The SMILES string of the molecule is O=C(Cc1cccc2ccccc12)NNS(=O)(=O)c1ccc(Br)cc1. The maximum atomic E-state index is 12.2. The van der Waals surface area contributed by atoms with E-state index in [1.165, 1.54) is 12.1 Å². The van der Waals surface area contributed by atoms with Crippen LogP contribution in [0.3, 0.4) is 0 Å². The number of sulfonamides is 1. The Morgan fingerprint density at radius 1 is 0.920 bits per heavy atom. The van der Waals surface area contributed by atoms with Crippen LogP contribution in [0, 0.1) is 0 Å². The molecule has 0 fully saturated rings. The van der Waals surface area contributed by atoms with Crippen molar-refractivity contribution < 1.29 is 13.2 Å². The number of amides is 1. The van der Waals surface area contributed by atoms with E-state index in [-0.39, 0.29) is 11.3 Å². The largest absolute Gasteiger partial charge is 0.277 e. The van der Waals surface area contributed by atoms with Crippen LogP contribution in [0.25, 0.3) is 10.8 Å². The van der Waals surface area contributed by atoms with Crippen LogP contribution in [0.15, 0.2) is 76.1 Å². The Balaban J connectivity index is 1.69. The van der Waals surface area contributed by atoms with Crippen molar-refractivity contribution >= 4 is 42.6 Å². The van der Waals surface area contributed by atoms with E-state index in [1.54, 1.807) is 12.1 Å². The fourth-order valence-electron chi connectivity index (χ4n) is 2.46. The Morgan fingerprint density at radius 2 is 1.60 bits per heavy atom. The van der Waals surface area contributed by atoms with Crippen LogP contribution < -0.4 is 10.3 Å². The molecule has 0 bridgehead atoms. The van der Waals surface area contributed by atoms with Crippen molar-refractivity contribution in [1.82, 2.24) is 10.3 Å². The molecule has 0 heterocycles. The van der Waals surface area contributed by atoms with Gasteiger partial charge in [0.25, 0.3) is 10.0 Å². The zero-order valence-electron chi connectivity index (χ0n) is 13.1. The minimum Gasteiger partial charge on any atom is -0.277 e. The van der Waals surface area contributed by atoms with Crippen molar-refractivity contribution in [2.75, 3.05) is 0 Å². The highest BCUT2D eigenvalue weighted by Crippen LogP contribution is 2.19. The fraction of sp³-hybridized carbons (Fsp3) is 0.0556. The Hall–Kier alpha value is -2.22. The van der Waals surface area contributed by atoms with E-state index in [9.17, 15) is 13.2 Å². The average Bonchev–Trinajstić information content (AvgIpc) is 2.61. The van der Waals surface area contributed by atoms with Gasteiger partial charge in [-0.05, 0) is 40.6 Å².